The Morgan fingerprint density at radius 1 is 1.05 bits per heavy atom. The van der Waals surface area contributed by atoms with Crippen LogP contribution in [-0.2, 0) is 5.41 Å². The van der Waals surface area contributed by atoms with Crippen LogP contribution in [0, 0.1) is 0 Å². The summed E-state index contributed by atoms with van der Waals surface area (Å²) in [5.74, 6) is 0.815. The Labute approximate surface area is 133 Å². The van der Waals surface area contributed by atoms with Gasteiger partial charge in [0, 0.05) is 16.4 Å². The van der Waals surface area contributed by atoms with Gasteiger partial charge in [-0.2, -0.15) is 0 Å². The van der Waals surface area contributed by atoms with Crippen LogP contribution in [0.25, 0.3) is 0 Å². The summed E-state index contributed by atoms with van der Waals surface area (Å²) in [5, 5.41) is 9.82. The van der Waals surface area contributed by atoms with Crippen LogP contribution in [0.4, 0.5) is 0 Å². The molecular formula is C17H20BrNO2. The Hall–Kier alpha value is -1.36. The fourth-order valence-corrected chi connectivity index (χ4v) is 2.55. The number of benzene rings is 2. The molecular weight excluding hydrogens is 330 g/mol. The smallest absolute Gasteiger partial charge is 0.119 e. The minimum Gasteiger partial charge on any atom is -0.494 e. The Morgan fingerprint density at radius 3 is 2.29 bits per heavy atom. The summed E-state index contributed by atoms with van der Waals surface area (Å²) in [6, 6.07) is 17.6. The largest absolute Gasteiger partial charge is 0.494 e. The van der Waals surface area contributed by atoms with E-state index < -0.39 is 5.41 Å². The van der Waals surface area contributed by atoms with E-state index in [1.165, 1.54) is 0 Å². The van der Waals surface area contributed by atoms with Crippen LogP contribution < -0.4 is 10.5 Å². The maximum atomic E-state index is 9.82. The van der Waals surface area contributed by atoms with Gasteiger partial charge in [-0.25, -0.2) is 0 Å². The molecule has 0 bridgehead atoms. The first-order chi connectivity index (χ1) is 10.2. The van der Waals surface area contributed by atoms with Gasteiger partial charge in [0.25, 0.3) is 0 Å². The highest BCUT2D eigenvalue weighted by Crippen LogP contribution is 2.27. The van der Waals surface area contributed by atoms with Crippen LogP contribution >= 0.6 is 15.9 Å². The first kappa shape index (κ1) is 16.0. The molecule has 3 nitrogen and oxygen atoms in total. The average Bonchev–Trinajstić information content (AvgIpc) is 2.55. The molecule has 112 valence electrons. The second kappa shape index (κ2) is 7.59. The molecule has 0 aliphatic heterocycles. The van der Waals surface area contributed by atoms with Gasteiger partial charge in [-0.3, -0.25) is 0 Å². The number of halogens is 1. The zero-order valence-electron chi connectivity index (χ0n) is 11.8. The molecule has 3 N–H and O–H groups in total. The van der Waals surface area contributed by atoms with Crippen molar-refractivity contribution < 1.29 is 9.84 Å². The van der Waals surface area contributed by atoms with Crippen molar-refractivity contribution in [2.24, 2.45) is 5.73 Å². The summed E-state index contributed by atoms with van der Waals surface area (Å²) in [6.07, 6.45) is 0.667. The third-order valence-electron chi connectivity index (χ3n) is 3.74. The van der Waals surface area contributed by atoms with Crippen molar-refractivity contribution in [3.63, 3.8) is 0 Å². The van der Waals surface area contributed by atoms with Crippen molar-refractivity contribution in [1.29, 1.82) is 0 Å². The maximum Gasteiger partial charge on any atom is 0.119 e. The number of aliphatic hydroxyl groups is 1. The summed E-state index contributed by atoms with van der Waals surface area (Å²) < 4.78 is 6.77. The highest BCUT2D eigenvalue weighted by molar-refractivity contribution is 9.10. The lowest BCUT2D eigenvalue weighted by molar-refractivity contribution is 0.163. The van der Waals surface area contributed by atoms with Crippen LogP contribution in [0.5, 0.6) is 5.75 Å². The van der Waals surface area contributed by atoms with E-state index in [-0.39, 0.29) is 6.61 Å². The van der Waals surface area contributed by atoms with Crippen LogP contribution in [0.15, 0.2) is 59.1 Å². The lowest BCUT2D eigenvalue weighted by Gasteiger charge is -2.31. The van der Waals surface area contributed by atoms with E-state index in [2.05, 4.69) is 15.9 Å². The summed E-state index contributed by atoms with van der Waals surface area (Å²) in [6.45, 7) is 0.905. The summed E-state index contributed by atoms with van der Waals surface area (Å²) in [7, 11) is 0. The SMILES string of the molecule is NCC(CO)(CCOc1ccc(Br)cc1)c1ccccc1. The Morgan fingerprint density at radius 2 is 1.71 bits per heavy atom. The fourth-order valence-electron chi connectivity index (χ4n) is 2.29. The Bertz CT molecular complexity index is 538. The number of nitrogens with two attached hydrogens (primary N) is 1. The van der Waals surface area contributed by atoms with E-state index in [9.17, 15) is 5.11 Å². The van der Waals surface area contributed by atoms with Crippen LogP contribution in [-0.4, -0.2) is 24.9 Å². The first-order valence-corrected chi connectivity index (χ1v) is 7.74. The zero-order valence-corrected chi connectivity index (χ0v) is 13.4. The van der Waals surface area contributed by atoms with Crippen molar-refractivity contribution in [2.75, 3.05) is 19.8 Å². The number of hydrogen-bond donors (Lipinski definition) is 2. The topological polar surface area (TPSA) is 55.5 Å². The average molecular weight is 350 g/mol. The molecule has 1 unspecified atom stereocenters. The lowest BCUT2D eigenvalue weighted by atomic mass is 9.78. The van der Waals surface area contributed by atoms with Gasteiger partial charge in [0.15, 0.2) is 0 Å². The van der Waals surface area contributed by atoms with E-state index in [4.69, 9.17) is 10.5 Å². The van der Waals surface area contributed by atoms with Gasteiger partial charge in [0.05, 0.1) is 13.2 Å². The second-order valence-corrected chi connectivity index (χ2v) is 5.98. The van der Waals surface area contributed by atoms with Crippen molar-refractivity contribution in [3.05, 3.63) is 64.6 Å². The van der Waals surface area contributed by atoms with Crippen LogP contribution in [0.1, 0.15) is 12.0 Å². The lowest BCUT2D eigenvalue weighted by Crippen LogP contribution is -2.40. The monoisotopic (exact) mass is 349 g/mol. The Balaban J connectivity index is 2.02. The van der Waals surface area contributed by atoms with Crippen molar-refractivity contribution in [2.45, 2.75) is 11.8 Å². The molecule has 2 aromatic carbocycles. The highest BCUT2D eigenvalue weighted by atomic mass is 79.9. The van der Waals surface area contributed by atoms with E-state index in [1.54, 1.807) is 0 Å². The van der Waals surface area contributed by atoms with Crippen LogP contribution in [0.2, 0.25) is 0 Å². The molecule has 0 saturated heterocycles. The highest BCUT2D eigenvalue weighted by Gasteiger charge is 2.29. The molecule has 4 heteroatoms. The number of ether oxygens (including phenoxy) is 1. The molecule has 0 aliphatic rings. The second-order valence-electron chi connectivity index (χ2n) is 5.06. The number of aliphatic hydroxyl groups excluding tert-OH is 1. The molecule has 21 heavy (non-hydrogen) atoms. The molecule has 0 fully saturated rings. The van der Waals surface area contributed by atoms with Crippen molar-refractivity contribution in [1.82, 2.24) is 0 Å². The zero-order chi connectivity index (χ0) is 15.1. The van der Waals surface area contributed by atoms with Crippen molar-refractivity contribution in [3.8, 4) is 5.75 Å². The van der Waals surface area contributed by atoms with Gasteiger partial charge < -0.3 is 15.6 Å². The minimum absolute atomic E-state index is 0.0111. The fraction of sp³-hybridized carbons (Fsp3) is 0.294. The van der Waals surface area contributed by atoms with Gasteiger partial charge in [-0.1, -0.05) is 46.3 Å². The van der Waals surface area contributed by atoms with Gasteiger partial charge >= 0.3 is 0 Å². The summed E-state index contributed by atoms with van der Waals surface area (Å²) in [5.41, 5.74) is 6.53. The molecule has 0 amide bonds. The molecule has 0 heterocycles. The standard InChI is InChI=1S/C17H20BrNO2/c18-15-6-8-16(9-7-15)21-11-10-17(12-19,13-20)14-4-2-1-3-5-14/h1-9,20H,10-13,19H2. The molecule has 0 radical (unpaired) electrons. The molecule has 0 saturated carbocycles. The van der Waals surface area contributed by atoms with Crippen LogP contribution in [0.3, 0.4) is 0 Å². The summed E-state index contributed by atoms with van der Waals surface area (Å²) in [4.78, 5) is 0. The van der Waals surface area contributed by atoms with Gasteiger partial charge in [-0.15, -0.1) is 0 Å². The third-order valence-corrected chi connectivity index (χ3v) is 4.27. The molecule has 1 atom stereocenters. The number of hydrogen-bond acceptors (Lipinski definition) is 3. The Kier molecular flexibility index (Phi) is 5.79. The summed E-state index contributed by atoms with van der Waals surface area (Å²) >= 11 is 3.39. The predicted octanol–water partition coefficient (Wildman–Crippen LogP) is 3.11. The van der Waals surface area contributed by atoms with Gasteiger partial charge in [0.2, 0.25) is 0 Å². The molecule has 2 aromatic rings. The molecule has 2 rings (SSSR count). The number of rotatable bonds is 7. The first-order valence-electron chi connectivity index (χ1n) is 6.95. The van der Waals surface area contributed by atoms with E-state index in [1.807, 2.05) is 54.6 Å². The van der Waals surface area contributed by atoms with Crippen molar-refractivity contribution >= 4 is 15.9 Å². The molecule has 0 aliphatic carbocycles. The minimum atomic E-state index is -0.448. The van der Waals surface area contributed by atoms with Gasteiger partial charge in [-0.05, 0) is 36.2 Å². The normalized spacial score (nSPS) is 13.7. The van der Waals surface area contributed by atoms with E-state index >= 15 is 0 Å². The molecule has 0 aromatic heterocycles. The maximum absolute atomic E-state index is 9.82. The third kappa shape index (κ3) is 4.06. The quantitative estimate of drug-likeness (QED) is 0.807. The molecule has 0 spiro atoms. The van der Waals surface area contributed by atoms with Gasteiger partial charge in [0.1, 0.15) is 5.75 Å². The van der Waals surface area contributed by atoms with E-state index in [0.29, 0.717) is 19.6 Å². The predicted molar refractivity (Wildman–Crippen MR) is 88.5 cm³/mol. The van der Waals surface area contributed by atoms with E-state index in [0.717, 1.165) is 15.8 Å².